The van der Waals surface area contributed by atoms with Crippen molar-refractivity contribution in [3.05, 3.63) is 11.1 Å². The summed E-state index contributed by atoms with van der Waals surface area (Å²) in [6, 6.07) is 0. The molecule has 1 aliphatic rings. The fraction of sp³-hybridized carbons (Fsp3) is 0.846. The monoisotopic (exact) mass is 212 g/mol. The smallest absolute Gasteiger partial charge is 0.00663 e. The van der Waals surface area contributed by atoms with Gasteiger partial charge < -0.3 is 0 Å². The molecule has 0 spiro atoms. The summed E-state index contributed by atoms with van der Waals surface area (Å²) in [6.07, 6.45) is 3.97. The highest BCUT2D eigenvalue weighted by atomic mass is 32.1. The highest BCUT2D eigenvalue weighted by Crippen LogP contribution is 2.37. The molecule has 14 heavy (non-hydrogen) atoms. The van der Waals surface area contributed by atoms with E-state index in [1.54, 1.807) is 11.1 Å². The lowest BCUT2D eigenvalue weighted by Gasteiger charge is -2.30. The van der Waals surface area contributed by atoms with Crippen LogP contribution in [0, 0.1) is 17.8 Å². The van der Waals surface area contributed by atoms with E-state index in [1.165, 1.54) is 19.3 Å². The zero-order valence-corrected chi connectivity index (χ0v) is 10.9. The average molecular weight is 212 g/mol. The summed E-state index contributed by atoms with van der Waals surface area (Å²) in [6.45, 7) is 9.33. The van der Waals surface area contributed by atoms with E-state index >= 15 is 0 Å². The van der Waals surface area contributed by atoms with Crippen LogP contribution in [0.1, 0.15) is 47.0 Å². The number of hydrogen-bond acceptors (Lipinski definition) is 1. The van der Waals surface area contributed by atoms with Gasteiger partial charge in [0.2, 0.25) is 0 Å². The Morgan fingerprint density at radius 1 is 1.14 bits per heavy atom. The van der Waals surface area contributed by atoms with Gasteiger partial charge in [0.1, 0.15) is 0 Å². The maximum absolute atomic E-state index is 4.43. The van der Waals surface area contributed by atoms with Gasteiger partial charge >= 0.3 is 0 Å². The maximum atomic E-state index is 4.43. The molecule has 0 aromatic rings. The van der Waals surface area contributed by atoms with Crippen molar-refractivity contribution in [3.63, 3.8) is 0 Å². The van der Waals surface area contributed by atoms with Crippen molar-refractivity contribution in [1.29, 1.82) is 0 Å². The second-order valence-corrected chi connectivity index (χ2v) is 5.52. The van der Waals surface area contributed by atoms with Crippen molar-refractivity contribution < 1.29 is 0 Å². The number of allylic oxidation sites excluding steroid dienone is 2. The first-order valence-electron chi connectivity index (χ1n) is 5.88. The lowest BCUT2D eigenvalue weighted by molar-refractivity contribution is 0.450. The van der Waals surface area contributed by atoms with Crippen LogP contribution in [-0.2, 0) is 0 Å². The molecular formula is C13H24S. The van der Waals surface area contributed by atoms with Crippen molar-refractivity contribution in [2.75, 3.05) is 5.75 Å². The van der Waals surface area contributed by atoms with E-state index in [0.29, 0.717) is 0 Å². The minimum atomic E-state index is 0.732. The highest BCUT2D eigenvalue weighted by Gasteiger charge is 2.22. The van der Waals surface area contributed by atoms with Gasteiger partial charge in [-0.25, -0.2) is 0 Å². The number of hydrogen-bond donors (Lipinski definition) is 1. The topological polar surface area (TPSA) is 0 Å². The molecule has 0 nitrogen and oxygen atoms in total. The highest BCUT2D eigenvalue weighted by molar-refractivity contribution is 7.80. The molecule has 0 aromatic carbocycles. The van der Waals surface area contributed by atoms with Gasteiger partial charge in [0.25, 0.3) is 0 Å². The van der Waals surface area contributed by atoms with Crippen molar-refractivity contribution in [2.45, 2.75) is 47.0 Å². The normalized spacial score (nSPS) is 23.8. The van der Waals surface area contributed by atoms with Crippen LogP contribution in [0.25, 0.3) is 0 Å². The molecule has 0 aromatic heterocycles. The van der Waals surface area contributed by atoms with Crippen LogP contribution < -0.4 is 0 Å². The van der Waals surface area contributed by atoms with E-state index in [0.717, 1.165) is 23.5 Å². The van der Waals surface area contributed by atoms with Crippen LogP contribution in [0.2, 0.25) is 0 Å². The average Bonchev–Trinajstić information content (AvgIpc) is 2.16. The van der Waals surface area contributed by atoms with Crippen molar-refractivity contribution in [3.8, 4) is 0 Å². The molecular weight excluding hydrogens is 188 g/mol. The SMILES string of the molecule is CC(C)C1=C(C(C)C)C[C@@H](CS)CC1. The summed E-state index contributed by atoms with van der Waals surface area (Å²) >= 11 is 4.43. The zero-order valence-electron chi connectivity index (χ0n) is 10.0. The number of thiol groups is 1. The molecule has 0 aliphatic heterocycles. The van der Waals surface area contributed by atoms with Gasteiger partial charge in [-0.15, -0.1) is 0 Å². The summed E-state index contributed by atoms with van der Waals surface area (Å²) in [7, 11) is 0. The minimum absolute atomic E-state index is 0.732. The van der Waals surface area contributed by atoms with E-state index in [1.807, 2.05) is 0 Å². The van der Waals surface area contributed by atoms with Crippen LogP contribution in [0.5, 0.6) is 0 Å². The summed E-state index contributed by atoms with van der Waals surface area (Å²) in [5, 5.41) is 0. The molecule has 0 unspecified atom stereocenters. The first-order chi connectivity index (χ1) is 6.56. The Labute approximate surface area is 94.6 Å². The van der Waals surface area contributed by atoms with E-state index in [2.05, 4.69) is 40.3 Å². The van der Waals surface area contributed by atoms with Gasteiger partial charge in [-0.2, -0.15) is 12.6 Å². The molecule has 0 radical (unpaired) electrons. The molecule has 0 N–H and O–H groups in total. The third kappa shape index (κ3) is 2.79. The Morgan fingerprint density at radius 3 is 2.14 bits per heavy atom. The molecule has 0 saturated heterocycles. The third-order valence-electron chi connectivity index (χ3n) is 3.40. The third-order valence-corrected chi connectivity index (χ3v) is 3.91. The Balaban J connectivity index is 2.84. The molecule has 1 rings (SSSR count). The quantitative estimate of drug-likeness (QED) is 0.522. The van der Waals surface area contributed by atoms with Crippen LogP contribution in [0.15, 0.2) is 11.1 Å². The largest absolute Gasteiger partial charge is 0.179 e. The van der Waals surface area contributed by atoms with Crippen LogP contribution >= 0.6 is 12.6 Å². The summed E-state index contributed by atoms with van der Waals surface area (Å²) in [4.78, 5) is 0. The number of rotatable bonds is 3. The van der Waals surface area contributed by atoms with Gasteiger partial charge in [0.05, 0.1) is 0 Å². The Hall–Kier alpha value is 0.0900. The Bertz CT molecular complexity index is 213. The molecule has 1 heteroatoms. The van der Waals surface area contributed by atoms with E-state index in [-0.39, 0.29) is 0 Å². The van der Waals surface area contributed by atoms with Crippen molar-refractivity contribution >= 4 is 12.6 Å². The summed E-state index contributed by atoms with van der Waals surface area (Å²) < 4.78 is 0. The molecule has 0 fully saturated rings. The molecule has 0 heterocycles. The van der Waals surface area contributed by atoms with E-state index in [4.69, 9.17) is 0 Å². The van der Waals surface area contributed by atoms with Crippen LogP contribution in [0.3, 0.4) is 0 Å². The van der Waals surface area contributed by atoms with E-state index in [9.17, 15) is 0 Å². The molecule has 0 bridgehead atoms. The maximum Gasteiger partial charge on any atom is -0.00663 e. The van der Waals surface area contributed by atoms with Crippen molar-refractivity contribution in [1.82, 2.24) is 0 Å². The second kappa shape index (κ2) is 5.25. The zero-order chi connectivity index (χ0) is 10.7. The van der Waals surface area contributed by atoms with Crippen molar-refractivity contribution in [2.24, 2.45) is 17.8 Å². The fourth-order valence-electron chi connectivity index (χ4n) is 2.49. The first-order valence-corrected chi connectivity index (χ1v) is 6.52. The predicted octanol–water partition coefficient (Wildman–Crippen LogP) is 4.32. The Morgan fingerprint density at radius 2 is 1.71 bits per heavy atom. The molecule has 82 valence electrons. The molecule has 0 amide bonds. The van der Waals surface area contributed by atoms with E-state index < -0.39 is 0 Å². The minimum Gasteiger partial charge on any atom is -0.179 e. The van der Waals surface area contributed by atoms with Gasteiger partial charge in [-0.1, -0.05) is 38.8 Å². The summed E-state index contributed by atoms with van der Waals surface area (Å²) in [5.74, 6) is 3.36. The molecule has 1 atom stereocenters. The fourth-order valence-corrected chi connectivity index (χ4v) is 2.80. The van der Waals surface area contributed by atoms with Gasteiger partial charge in [0.15, 0.2) is 0 Å². The van der Waals surface area contributed by atoms with Crippen LogP contribution in [0.4, 0.5) is 0 Å². The predicted molar refractivity (Wildman–Crippen MR) is 67.9 cm³/mol. The summed E-state index contributed by atoms with van der Waals surface area (Å²) in [5.41, 5.74) is 3.46. The van der Waals surface area contributed by atoms with Crippen LogP contribution in [-0.4, -0.2) is 5.75 Å². The standard InChI is InChI=1S/C13H24S/c1-9(2)12-6-5-11(8-14)7-13(12)10(3)4/h9-11,14H,5-8H2,1-4H3/t11-/m0/s1. The van der Waals surface area contributed by atoms with Gasteiger partial charge in [-0.3, -0.25) is 0 Å². The lowest BCUT2D eigenvalue weighted by atomic mass is 9.77. The molecule has 1 aliphatic carbocycles. The Kier molecular flexibility index (Phi) is 4.56. The second-order valence-electron chi connectivity index (χ2n) is 5.15. The van der Waals surface area contributed by atoms with Gasteiger partial charge in [0, 0.05) is 0 Å². The lowest BCUT2D eigenvalue weighted by Crippen LogP contribution is -2.17. The first kappa shape index (κ1) is 12.2. The van der Waals surface area contributed by atoms with Gasteiger partial charge in [-0.05, 0) is 42.8 Å². The molecule has 0 saturated carbocycles.